The third-order valence-electron chi connectivity index (χ3n) is 2.81. The van der Waals surface area contributed by atoms with Crippen molar-refractivity contribution in [3.05, 3.63) is 46.0 Å². The van der Waals surface area contributed by atoms with Crippen molar-refractivity contribution in [3.63, 3.8) is 0 Å². The van der Waals surface area contributed by atoms with Crippen LogP contribution in [0.4, 0.5) is 13.2 Å². The van der Waals surface area contributed by atoms with E-state index in [1.54, 1.807) is 11.0 Å². The summed E-state index contributed by atoms with van der Waals surface area (Å²) in [6.07, 6.45) is -2.15. The van der Waals surface area contributed by atoms with Crippen LogP contribution in [0.2, 0.25) is 0 Å². The summed E-state index contributed by atoms with van der Waals surface area (Å²) in [5, 5.41) is 13.4. The smallest absolute Gasteiger partial charge is 0.422 e. The molecule has 0 unspecified atom stereocenters. The number of pyridine rings is 1. The lowest BCUT2D eigenvalue weighted by Gasteiger charge is -2.17. The average Bonchev–Trinajstić information content (AvgIpc) is 2.83. The predicted octanol–water partition coefficient (Wildman–Crippen LogP) is 1.50. The summed E-state index contributed by atoms with van der Waals surface area (Å²) in [4.78, 5) is 15.5. The first-order valence-electron chi connectivity index (χ1n) is 6.32. The minimum atomic E-state index is -4.41. The molecule has 120 valence electrons. The molecule has 0 radical (unpaired) electrons. The fourth-order valence-electron chi connectivity index (χ4n) is 1.91. The van der Waals surface area contributed by atoms with Gasteiger partial charge < -0.3 is 15.0 Å². The summed E-state index contributed by atoms with van der Waals surface area (Å²) in [6, 6.07) is 2.91. The van der Waals surface area contributed by atoms with Gasteiger partial charge in [0, 0.05) is 31.9 Å². The Kier molecular flexibility index (Phi) is 4.68. The van der Waals surface area contributed by atoms with Gasteiger partial charge in [0.05, 0.1) is 4.92 Å². The molecular weight excluding hydrogens is 305 g/mol. The Labute approximate surface area is 123 Å². The van der Waals surface area contributed by atoms with Crippen LogP contribution in [-0.4, -0.2) is 40.7 Å². The van der Waals surface area contributed by atoms with Crippen molar-refractivity contribution >= 4 is 0 Å². The summed E-state index contributed by atoms with van der Waals surface area (Å²) in [5.41, 5.74) is 0.706. The molecule has 1 aliphatic heterocycles. The Morgan fingerprint density at radius 2 is 2.27 bits per heavy atom. The van der Waals surface area contributed by atoms with E-state index in [-0.39, 0.29) is 5.88 Å². The predicted molar refractivity (Wildman–Crippen MR) is 69.3 cm³/mol. The van der Waals surface area contributed by atoms with Gasteiger partial charge in [-0.3, -0.25) is 10.1 Å². The lowest BCUT2D eigenvalue weighted by atomic mass is 10.2. The molecule has 2 heterocycles. The highest BCUT2D eigenvalue weighted by Crippen LogP contribution is 2.18. The van der Waals surface area contributed by atoms with Crippen LogP contribution in [-0.2, 0) is 6.54 Å². The number of hydrogen-bond donors (Lipinski definition) is 1. The van der Waals surface area contributed by atoms with Crippen LogP contribution in [0, 0.1) is 10.1 Å². The second-order valence-corrected chi connectivity index (χ2v) is 4.56. The quantitative estimate of drug-likeness (QED) is 0.655. The van der Waals surface area contributed by atoms with Gasteiger partial charge >= 0.3 is 6.18 Å². The molecule has 7 nitrogen and oxygen atoms in total. The Balaban J connectivity index is 1.95. The molecule has 0 aliphatic carbocycles. The molecule has 0 aromatic carbocycles. The topological polar surface area (TPSA) is 80.5 Å². The van der Waals surface area contributed by atoms with Crippen molar-refractivity contribution in [1.82, 2.24) is 15.2 Å². The Hall–Kier alpha value is -2.52. The zero-order chi connectivity index (χ0) is 16.2. The van der Waals surface area contributed by atoms with E-state index >= 15 is 0 Å². The maximum atomic E-state index is 12.0. The molecule has 0 bridgehead atoms. The Morgan fingerprint density at radius 1 is 1.50 bits per heavy atom. The van der Waals surface area contributed by atoms with Crippen molar-refractivity contribution in [2.45, 2.75) is 12.7 Å². The van der Waals surface area contributed by atoms with E-state index in [0.717, 1.165) is 6.20 Å². The van der Waals surface area contributed by atoms with Gasteiger partial charge in [-0.25, -0.2) is 4.98 Å². The molecule has 1 saturated heterocycles. The van der Waals surface area contributed by atoms with Crippen LogP contribution in [0.25, 0.3) is 0 Å². The lowest BCUT2D eigenvalue weighted by molar-refractivity contribution is -0.404. The van der Waals surface area contributed by atoms with Crippen molar-refractivity contribution < 1.29 is 22.8 Å². The largest absolute Gasteiger partial charge is 0.468 e. The number of nitrogens with zero attached hydrogens (tertiary/aromatic N) is 3. The van der Waals surface area contributed by atoms with Crippen molar-refractivity contribution in [3.8, 4) is 5.88 Å². The van der Waals surface area contributed by atoms with Crippen molar-refractivity contribution in [2.75, 3.05) is 19.7 Å². The van der Waals surface area contributed by atoms with Gasteiger partial charge in [-0.05, 0) is 5.56 Å². The maximum Gasteiger partial charge on any atom is 0.422 e. The van der Waals surface area contributed by atoms with Crippen LogP contribution in [0.1, 0.15) is 5.56 Å². The van der Waals surface area contributed by atoms with E-state index in [2.05, 4.69) is 15.0 Å². The molecule has 0 saturated carbocycles. The average molecular weight is 318 g/mol. The molecule has 2 rings (SSSR count). The molecule has 1 aromatic rings. The molecule has 10 heteroatoms. The number of aromatic nitrogens is 1. The zero-order valence-corrected chi connectivity index (χ0v) is 11.3. The summed E-state index contributed by atoms with van der Waals surface area (Å²) in [6.45, 7) is 0.135. The first-order valence-corrected chi connectivity index (χ1v) is 6.32. The van der Waals surface area contributed by atoms with Gasteiger partial charge in [-0.1, -0.05) is 6.07 Å². The Morgan fingerprint density at radius 3 is 2.86 bits per heavy atom. The zero-order valence-electron chi connectivity index (χ0n) is 11.3. The van der Waals surface area contributed by atoms with Crippen LogP contribution < -0.4 is 10.1 Å². The minimum Gasteiger partial charge on any atom is -0.468 e. The second kappa shape index (κ2) is 6.50. The second-order valence-electron chi connectivity index (χ2n) is 4.56. The maximum absolute atomic E-state index is 12.0. The molecule has 1 fully saturated rings. The molecule has 0 spiro atoms. The van der Waals surface area contributed by atoms with Crippen molar-refractivity contribution in [1.29, 1.82) is 0 Å². The highest BCUT2D eigenvalue weighted by molar-refractivity contribution is 5.19. The molecule has 22 heavy (non-hydrogen) atoms. The van der Waals surface area contributed by atoms with Gasteiger partial charge in [0.2, 0.25) is 5.88 Å². The number of alkyl halides is 3. The first-order chi connectivity index (χ1) is 10.3. The highest BCUT2D eigenvalue weighted by Gasteiger charge is 2.28. The lowest BCUT2D eigenvalue weighted by Crippen LogP contribution is -2.21. The minimum absolute atomic E-state index is 0.123. The summed E-state index contributed by atoms with van der Waals surface area (Å²) in [7, 11) is 0. The summed E-state index contributed by atoms with van der Waals surface area (Å²) >= 11 is 0. The monoisotopic (exact) mass is 318 g/mol. The molecule has 1 aromatic heterocycles. The van der Waals surface area contributed by atoms with E-state index < -0.39 is 17.7 Å². The standard InChI is InChI=1S/C12H13F3N4O3/c13-12(14,15)8-22-11-2-1-9(5-17-11)6-18-4-3-16-10(18)7-19(20)21/h1-2,5,7,16H,3-4,6,8H2. The van der Waals surface area contributed by atoms with Gasteiger partial charge in [0.15, 0.2) is 12.4 Å². The number of ether oxygens (including phenoxy) is 1. The number of nitro groups is 1. The van der Waals surface area contributed by atoms with E-state index in [1.807, 2.05) is 0 Å². The fourth-order valence-corrected chi connectivity index (χ4v) is 1.91. The molecule has 1 N–H and O–H groups in total. The number of nitrogens with one attached hydrogen (secondary N) is 1. The SMILES string of the molecule is O=[N+]([O-])C=C1NCCN1Cc1ccc(OCC(F)(F)F)nc1. The summed E-state index contributed by atoms with van der Waals surface area (Å²) in [5.74, 6) is 0.268. The highest BCUT2D eigenvalue weighted by atomic mass is 19.4. The fraction of sp³-hybridized carbons (Fsp3) is 0.417. The normalized spacial score (nSPS) is 16.7. The Bertz CT molecular complexity index is 560. The molecule has 0 atom stereocenters. The van der Waals surface area contributed by atoms with Gasteiger partial charge in [-0.15, -0.1) is 0 Å². The number of rotatable bonds is 5. The van der Waals surface area contributed by atoms with Crippen LogP contribution in [0.3, 0.4) is 0 Å². The van der Waals surface area contributed by atoms with E-state index in [4.69, 9.17) is 0 Å². The van der Waals surface area contributed by atoms with Crippen molar-refractivity contribution in [2.24, 2.45) is 0 Å². The van der Waals surface area contributed by atoms with E-state index in [0.29, 0.717) is 31.0 Å². The van der Waals surface area contributed by atoms with E-state index in [9.17, 15) is 23.3 Å². The van der Waals surface area contributed by atoms with Crippen LogP contribution in [0.5, 0.6) is 5.88 Å². The molecule has 1 aliphatic rings. The molecule has 0 amide bonds. The van der Waals surface area contributed by atoms with Crippen LogP contribution in [0.15, 0.2) is 30.4 Å². The van der Waals surface area contributed by atoms with Gasteiger partial charge in [0.25, 0.3) is 6.20 Å². The summed E-state index contributed by atoms with van der Waals surface area (Å²) < 4.78 is 40.5. The molecular formula is C12H13F3N4O3. The van der Waals surface area contributed by atoms with E-state index in [1.165, 1.54) is 12.3 Å². The van der Waals surface area contributed by atoms with Gasteiger partial charge in [-0.2, -0.15) is 13.2 Å². The van der Waals surface area contributed by atoms with Crippen LogP contribution >= 0.6 is 0 Å². The number of hydrogen-bond acceptors (Lipinski definition) is 6. The third kappa shape index (κ3) is 4.79. The number of halogens is 3. The van der Waals surface area contributed by atoms with Gasteiger partial charge in [0.1, 0.15) is 0 Å². The first kappa shape index (κ1) is 15.9. The third-order valence-corrected chi connectivity index (χ3v) is 2.81.